The molecule has 32 heavy (non-hydrogen) atoms. The molecule has 2 aromatic carbocycles. The van der Waals surface area contributed by atoms with Crippen molar-refractivity contribution in [3.05, 3.63) is 60.2 Å². The monoisotopic (exact) mass is 455 g/mol. The number of carbonyl (C=O) groups is 2. The van der Waals surface area contributed by atoms with E-state index in [1.54, 1.807) is 6.07 Å². The number of carbonyl (C=O) groups excluding carboxylic acids is 1. The fraction of sp³-hybridized carbons (Fsp3) is 0.190. The average molecular weight is 455 g/mol. The van der Waals surface area contributed by atoms with Gasteiger partial charge in [-0.15, -0.1) is 6.42 Å². The SMILES string of the molecule is C#CC(N)(C(=O)c1cccc(NC2=NCCN2)c1)C(N)(C(=O)O)S(=O)(=O)c1ccccc1. The second kappa shape index (κ2) is 8.43. The number of terminal acetylenes is 1. The van der Waals surface area contributed by atoms with E-state index >= 15 is 0 Å². The van der Waals surface area contributed by atoms with Gasteiger partial charge in [0.2, 0.25) is 9.84 Å². The number of nitrogens with two attached hydrogens (primary N) is 2. The number of aliphatic imine (C=N–C) groups is 1. The van der Waals surface area contributed by atoms with Crippen LogP contribution in [0.2, 0.25) is 0 Å². The fourth-order valence-electron chi connectivity index (χ4n) is 3.21. The third-order valence-electron chi connectivity index (χ3n) is 5.03. The summed E-state index contributed by atoms with van der Waals surface area (Å²) in [6.45, 7) is 1.23. The zero-order valence-electron chi connectivity index (χ0n) is 16.8. The predicted octanol–water partition coefficient (Wildman–Crippen LogP) is -0.215. The van der Waals surface area contributed by atoms with Crippen LogP contribution >= 0.6 is 0 Å². The molecule has 0 radical (unpaired) electrons. The number of Topliss-reactive ketones (excluding diaryl/α,β-unsaturated/α-hetero) is 1. The van der Waals surface area contributed by atoms with Gasteiger partial charge in [0.15, 0.2) is 17.3 Å². The van der Waals surface area contributed by atoms with Crippen molar-refractivity contribution >= 4 is 33.2 Å². The van der Waals surface area contributed by atoms with Crippen LogP contribution in [0.25, 0.3) is 0 Å². The Morgan fingerprint density at radius 1 is 1.16 bits per heavy atom. The van der Waals surface area contributed by atoms with Gasteiger partial charge < -0.3 is 21.5 Å². The molecule has 11 heteroatoms. The molecule has 0 spiro atoms. The van der Waals surface area contributed by atoms with Gasteiger partial charge >= 0.3 is 5.97 Å². The van der Waals surface area contributed by atoms with Crippen molar-refractivity contribution in [3.8, 4) is 12.3 Å². The second-order valence-electron chi connectivity index (χ2n) is 7.00. The highest BCUT2D eigenvalue weighted by Crippen LogP contribution is 2.33. The first kappa shape index (κ1) is 23.0. The summed E-state index contributed by atoms with van der Waals surface area (Å²) in [5, 5.41) is 15.8. The molecule has 1 aliphatic rings. The summed E-state index contributed by atoms with van der Waals surface area (Å²) in [5.41, 5.74) is 9.35. The summed E-state index contributed by atoms with van der Waals surface area (Å²) in [5.74, 6) is -0.869. The minimum absolute atomic E-state index is 0.131. The molecule has 3 rings (SSSR count). The number of hydrogen-bond acceptors (Lipinski definition) is 9. The molecule has 0 aliphatic carbocycles. The van der Waals surface area contributed by atoms with Gasteiger partial charge in [-0.1, -0.05) is 36.3 Å². The lowest BCUT2D eigenvalue weighted by Crippen LogP contribution is -2.76. The Balaban J connectivity index is 2.10. The molecule has 0 saturated carbocycles. The lowest BCUT2D eigenvalue weighted by Gasteiger charge is -2.37. The third kappa shape index (κ3) is 3.60. The fourth-order valence-corrected chi connectivity index (χ4v) is 4.90. The van der Waals surface area contributed by atoms with Gasteiger partial charge in [0.25, 0.3) is 4.87 Å². The van der Waals surface area contributed by atoms with Crippen LogP contribution in [-0.2, 0) is 14.6 Å². The van der Waals surface area contributed by atoms with Gasteiger partial charge in [0.1, 0.15) is 0 Å². The predicted molar refractivity (Wildman–Crippen MR) is 119 cm³/mol. The smallest absolute Gasteiger partial charge is 0.343 e. The summed E-state index contributed by atoms with van der Waals surface area (Å²) in [6.07, 6.45) is 5.47. The van der Waals surface area contributed by atoms with E-state index in [1.165, 1.54) is 36.4 Å². The first-order valence-corrected chi connectivity index (χ1v) is 10.8. The molecule has 10 nitrogen and oxygen atoms in total. The van der Waals surface area contributed by atoms with E-state index in [0.29, 0.717) is 24.7 Å². The molecule has 1 heterocycles. The zero-order valence-corrected chi connectivity index (χ0v) is 17.6. The number of ketones is 1. The molecule has 7 N–H and O–H groups in total. The molecule has 0 bridgehead atoms. The number of nitrogens with zero attached hydrogens (tertiary/aromatic N) is 1. The highest BCUT2D eigenvalue weighted by Gasteiger charge is 2.65. The maximum Gasteiger partial charge on any atom is 0.343 e. The normalized spacial score (nSPS) is 17.1. The highest BCUT2D eigenvalue weighted by molar-refractivity contribution is 7.93. The van der Waals surface area contributed by atoms with Crippen LogP contribution in [0.4, 0.5) is 5.69 Å². The Hall–Kier alpha value is -3.72. The minimum Gasteiger partial charge on any atom is -0.479 e. The van der Waals surface area contributed by atoms with E-state index in [-0.39, 0.29) is 5.56 Å². The molecule has 0 saturated heterocycles. The number of nitrogens with one attached hydrogen (secondary N) is 2. The van der Waals surface area contributed by atoms with Gasteiger partial charge in [-0.05, 0) is 24.3 Å². The number of hydrogen-bond donors (Lipinski definition) is 5. The number of sulfone groups is 1. The summed E-state index contributed by atoms with van der Waals surface area (Å²) >= 11 is 0. The highest BCUT2D eigenvalue weighted by atomic mass is 32.2. The average Bonchev–Trinajstić information content (AvgIpc) is 3.30. The van der Waals surface area contributed by atoms with Crippen molar-refractivity contribution in [1.29, 1.82) is 0 Å². The Morgan fingerprint density at radius 3 is 2.41 bits per heavy atom. The number of carboxylic acid groups (broad SMARTS) is 1. The van der Waals surface area contributed by atoms with Crippen LogP contribution < -0.4 is 22.1 Å². The molecule has 1 aliphatic heterocycles. The number of benzene rings is 2. The van der Waals surface area contributed by atoms with Crippen LogP contribution in [0, 0.1) is 12.3 Å². The topological polar surface area (TPSA) is 177 Å². The molecular weight excluding hydrogens is 434 g/mol. The van der Waals surface area contributed by atoms with Crippen LogP contribution in [-0.4, -0.2) is 54.7 Å². The van der Waals surface area contributed by atoms with E-state index in [4.69, 9.17) is 17.9 Å². The van der Waals surface area contributed by atoms with Crippen molar-refractivity contribution < 1.29 is 23.1 Å². The molecule has 166 valence electrons. The van der Waals surface area contributed by atoms with Gasteiger partial charge in [0.05, 0.1) is 11.4 Å². The molecule has 2 unspecified atom stereocenters. The molecule has 2 atom stereocenters. The maximum atomic E-state index is 13.4. The molecule has 0 aromatic heterocycles. The number of anilines is 1. The van der Waals surface area contributed by atoms with E-state index < -0.39 is 36.9 Å². The largest absolute Gasteiger partial charge is 0.479 e. The summed E-state index contributed by atoms with van der Waals surface area (Å²) in [7, 11) is -4.91. The zero-order chi connectivity index (χ0) is 23.6. The van der Waals surface area contributed by atoms with Crippen molar-refractivity contribution in [2.45, 2.75) is 15.3 Å². The van der Waals surface area contributed by atoms with E-state index in [2.05, 4.69) is 15.6 Å². The van der Waals surface area contributed by atoms with Crippen LogP contribution in [0.3, 0.4) is 0 Å². The van der Waals surface area contributed by atoms with Gasteiger partial charge in [-0.25, -0.2) is 13.2 Å². The minimum atomic E-state index is -4.91. The van der Waals surface area contributed by atoms with E-state index in [1.807, 2.05) is 5.92 Å². The van der Waals surface area contributed by atoms with Crippen LogP contribution in [0.15, 0.2) is 64.5 Å². The lowest BCUT2D eigenvalue weighted by molar-refractivity contribution is -0.141. The second-order valence-corrected chi connectivity index (χ2v) is 9.12. The van der Waals surface area contributed by atoms with Crippen molar-refractivity contribution in [3.63, 3.8) is 0 Å². The Labute approximate surface area is 184 Å². The van der Waals surface area contributed by atoms with Gasteiger partial charge in [0, 0.05) is 17.8 Å². The quantitative estimate of drug-likeness (QED) is 0.279. The molecule has 2 aromatic rings. The van der Waals surface area contributed by atoms with E-state index in [9.17, 15) is 23.1 Å². The molecular formula is C21H21N5O5S. The van der Waals surface area contributed by atoms with Crippen molar-refractivity contribution in [1.82, 2.24) is 5.32 Å². The van der Waals surface area contributed by atoms with Crippen molar-refractivity contribution in [2.75, 3.05) is 18.4 Å². The first-order chi connectivity index (χ1) is 15.1. The van der Waals surface area contributed by atoms with Gasteiger partial charge in [-0.3, -0.25) is 15.5 Å². The van der Waals surface area contributed by atoms with E-state index in [0.717, 1.165) is 12.1 Å². The van der Waals surface area contributed by atoms with Crippen LogP contribution in [0.1, 0.15) is 10.4 Å². The summed E-state index contributed by atoms with van der Waals surface area (Å²) in [6, 6.07) is 12.4. The third-order valence-corrected chi connectivity index (χ3v) is 7.27. The van der Waals surface area contributed by atoms with Crippen LogP contribution in [0.5, 0.6) is 0 Å². The lowest BCUT2D eigenvalue weighted by atomic mass is 9.83. The Kier molecular flexibility index (Phi) is 6.05. The molecule has 0 fully saturated rings. The standard InChI is InChI=1S/C21H21N5O5S/c1-2-20(22,21(23,18(28)29)32(30,31)16-9-4-3-5-10-16)17(27)14-7-6-8-15(13-14)26-19-24-11-12-25-19/h1,3-10,13H,11-12,22-23H2,(H,28,29)(H2,24,25,26). The molecule has 0 amide bonds. The summed E-state index contributed by atoms with van der Waals surface area (Å²) < 4.78 is 26.5. The number of rotatable bonds is 7. The van der Waals surface area contributed by atoms with Gasteiger partial charge in [-0.2, -0.15) is 0 Å². The Morgan fingerprint density at radius 2 is 1.84 bits per heavy atom. The maximum absolute atomic E-state index is 13.4. The Bertz CT molecular complexity index is 1240. The number of aliphatic carboxylic acids is 1. The van der Waals surface area contributed by atoms with Crippen molar-refractivity contribution in [2.24, 2.45) is 16.5 Å². The number of guanidine groups is 1. The first-order valence-electron chi connectivity index (χ1n) is 9.36. The summed E-state index contributed by atoms with van der Waals surface area (Å²) in [4.78, 5) is 26.0. The number of carboxylic acids is 1.